The maximum Gasteiger partial charge on any atom is 0.306 e. The molecule has 1 fully saturated rings. The Balaban J connectivity index is 1.65. The molecule has 1 aliphatic heterocycles. The number of nitrogens with zero attached hydrogens (tertiary/aromatic N) is 1. The summed E-state index contributed by atoms with van der Waals surface area (Å²) in [7, 11) is 0. The summed E-state index contributed by atoms with van der Waals surface area (Å²) in [4.78, 5) is 29.7. The molecule has 5 heteroatoms. The topological polar surface area (TPSA) is 62.4 Å². The average Bonchev–Trinajstić information content (AvgIpc) is 2.97. The molecule has 2 heterocycles. The van der Waals surface area contributed by atoms with Crippen LogP contribution in [-0.2, 0) is 9.53 Å². The number of carbonyl (C=O) groups excluding carboxylic acids is 2. The SMILES string of the molecule is CC(C)OC(=O)C[C@@H]1CCCN(C(=O)c2cc3ccccc3[nH]2)C1. The van der Waals surface area contributed by atoms with E-state index in [4.69, 9.17) is 4.74 Å². The number of rotatable bonds is 4. The lowest BCUT2D eigenvalue weighted by Crippen LogP contribution is -2.40. The summed E-state index contributed by atoms with van der Waals surface area (Å²) in [6.07, 6.45) is 2.18. The van der Waals surface area contributed by atoms with Crippen molar-refractivity contribution >= 4 is 22.8 Å². The minimum Gasteiger partial charge on any atom is -0.463 e. The van der Waals surface area contributed by atoms with Gasteiger partial charge in [-0.05, 0) is 44.7 Å². The van der Waals surface area contributed by atoms with Gasteiger partial charge in [0.1, 0.15) is 5.69 Å². The third kappa shape index (κ3) is 3.78. The second-order valence-electron chi connectivity index (χ2n) is 6.77. The fraction of sp³-hybridized carbons (Fsp3) is 0.474. The average molecular weight is 328 g/mol. The molecule has 1 N–H and O–H groups in total. The monoisotopic (exact) mass is 328 g/mol. The molecule has 2 aromatic rings. The van der Waals surface area contributed by atoms with Crippen LogP contribution in [0.3, 0.4) is 0 Å². The lowest BCUT2D eigenvalue weighted by atomic mass is 9.94. The van der Waals surface area contributed by atoms with E-state index in [9.17, 15) is 9.59 Å². The van der Waals surface area contributed by atoms with E-state index >= 15 is 0 Å². The molecule has 128 valence electrons. The summed E-state index contributed by atoms with van der Waals surface area (Å²) < 4.78 is 5.22. The van der Waals surface area contributed by atoms with Crippen LogP contribution >= 0.6 is 0 Å². The van der Waals surface area contributed by atoms with Crippen molar-refractivity contribution in [3.63, 3.8) is 0 Å². The number of aromatic nitrogens is 1. The fourth-order valence-electron chi connectivity index (χ4n) is 3.32. The lowest BCUT2D eigenvalue weighted by Gasteiger charge is -2.32. The molecule has 0 unspecified atom stereocenters. The molecule has 1 amide bonds. The standard InChI is InChI=1S/C19H24N2O3/c1-13(2)24-18(22)10-14-6-5-9-21(12-14)19(23)17-11-15-7-3-4-8-16(15)20-17/h3-4,7-8,11,13-14,20H,5-6,9-10,12H2,1-2H3/t14-/m0/s1. The van der Waals surface area contributed by atoms with Gasteiger partial charge in [0.15, 0.2) is 0 Å². The van der Waals surface area contributed by atoms with E-state index in [0.29, 0.717) is 18.7 Å². The number of esters is 1. The molecule has 5 nitrogen and oxygen atoms in total. The second-order valence-corrected chi connectivity index (χ2v) is 6.77. The highest BCUT2D eigenvalue weighted by Crippen LogP contribution is 2.23. The molecule has 24 heavy (non-hydrogen) atoms. The van der Waals surface area contributed by atoms with E-state index in [2.05, 4.69) is 4.98 Å². The Labute approximate surface area is 142 Å². The molecular formula is C19H24N2O3. The molecule has 1 atom stereocenters. The number of hydrogen-bond acceptors (Lipinski definition) is 3. The summed E-state index contributed by atoms with van der Waals surface area (Å²) in [6, 6.07) is 9.76. The maximum absolute atomic E-state index is 12.8. The van der Waals surface area contributed by atoms with Gasteiger partial charge in [-0.15, -0.1) is 0 Å². The van der Waals surface area contributed by atoms with Gasteiger partial charge in [0.05, 0.1) is 12.5 Å². The van der Waals surface area contributed by atoms with Crippen LogP contribution < -0.4 is 0 Å². The van der Waals surface area contributed by atoms with E-state index in [-0.39, 0.29) is 23.9 Å². The first-order valence-electron chi connectivity index (χ1n) is 8.59. The maximum atomic E-state index is 12.8. The quantitative estimate of drug-likeness (QED) is 0.875. The van der Waals surface area contributed by atoms with Crippen molar-refractivity contribution in [1.29, 1.82) is 0 Å². The molecule has 0 spiro atoms. The van der Waals surface area contributed by atoms with Crippen LogP contribution in [0, 0.1) is 5.92 Å². The summed E-state index contributed by atoms with van der Waals surface area (Å²) in [5.41, 5.74) is 1.58. The normalized spacial score (nSPS) is 18.1. The number of amides is 1. The van der Waals surface area contributed by atoms with Crippen molar-refractivity contribution < 1.29 is 14.3 Å². The number of carbonyl (C=O) groups is 2. The third-order valence-corrected chi connectivity index (χ3v) is 4.39. The van der Waals surface area contributed by atoms with Gasteiger partial charge >= 0.3 is 5.97 Å². The largest absolute Gasteiger partial charge is 0.463 e. The number of fused-ring (bicyclic) bond motifs is 1. The predicted molar refractivity (Wildman–Crippen MR) is 92.8 cm³/mol. The van der Waals surface area contributed by atoms with E-state index in [0.717, 1.165) is 30.3 Å². The smallest absolute Gasteiger partial charge is 0.306 e. The van der Waals surface area contributed by atoms with Gasteiger partial charge in [-0.3, -0.25) is 9.59 Å². The zero-order valence-corrected chi connectivity index (χ0v) is 14.2. The van der Waals surface area contributed by atoms with Gasteiger partial charge in [0.2, 0.25) is 0 Å². The number of piperidine rings is 1. The molecule has 0 saturated carbocycles. The van der Waals surface area contributed by atoms with E-state index in [1.54, 1.807) is 0 Å². The Morgan fingerprint density at radius 2 is 2.12 bits per heavy atom. The van der Waals surface area contributed by atoms with Crippen molar-refractivity contribution in [2.75, 3.05) is 13.1 Å². The summed E-state index contributed by atoms with van der Waals surface area (Å²) in [5.74, 6) is 0.0152. The number of hydrogen-bond donors (Lipinski definition) is 1. The lowest BCUT2D eigenvalue weighted by molar-refractivity contribution is -0.148. The molecule has 1 aliphatic rings. The van der Waals surface area contributed by atoms with Gasteiger partial charge in [-0.1, -0.05) is 18.2 Å². The number of ether oxygens (including phenoxy) is 1. The Bertz CT molecular complexity index is 702. The van der Waals surface area contributed by atoms with Crippen LogP contribution in [0.2, 0.25) is 0 Å². The van der Waals surface area contributed by atoms with Gasteiger partial charge in [0, 0.05) is 24.0 Å². The molecule has 0 bridgehead atoms. The van der Waals surface area contributed by atoms with Crippen molar-refractivity contribution in [2.45, 2.75) is 39.2 Å². The zero-order chi connectivity index (χ0) is 17.1. The molecule has 1 aromatic heterocycles. The van der Waals surface area contributed by atoms with Gasteiger partial charge < -0.3 is 14.6 Å². The zero-order valence-electron chi connectivity index (χ0n) is 14.2. The van der Waals surface area contributed by atoms with E-state index in [1.165, 1.54) is 0 Å². The minimum atomic E-state index is -0.171. The highest BCUT2D eigenvalue weighted by Gasteiger charge is 2.27. The number of likely N-dealkylation sites (tertiary alicyclic amines) is 1. The van der Waals surface area contributed by atoms with E-state index < -0.39 is 0 Å². The summed E-state index contributed by atoms with van der Waals surface area (Å²) in [5, 5.41) is 1.04. The number of benzene rings is 1. The predicted octanol–water partition coefficient (Wildman–Crippen LogP) is 3.36. The molecule has 1 aromatic carbocycles. The highest BCUT2D eigenvalue weighted by molar-refractivity contribution is 5.98. The Morgan fingerprint density at radius 3 is 2.88 bits per heavy atom. The Hall–Kier alpha value is -2.30. The highest BCUT2D eigenvalue weighted by atomic mass is 16.5. The van der Waals surface area contributed by atoms with Crippen molar-refractivity contribution in [1.82, 2.24) is 9.88 Å². The van der Waals surface area contributed by atoms with Crippen LogP contribution in [0.5, 0.6) is 0 Å². The van der Waals surface area contributed by atoms with Gasteiger partial charge in [0.25, 0.3) is 5.91 Å². The first-order chi connectivity index (χ1) is 11.5. The van der Waals surface area contributed by atoms with Crippen molar-refractivity contribution in [3.05, 3.63) is 36.0 Å². The number of aromatic amines is 1. The number of para-hydroxylation sites is 1. The van der Waals surface area contributed by atoms with Crippen molar-refractivity contribution in [3.8, 4) is 0 Å². The van der Waals surface area contributed by atoms with Crippen molar-refractivity contribution in [2.24, 2.45) is 5.92 Å². The molecule has 0 aliphatic carbocycles. The second kappa shape index (κ2) is 7.07. The number of H-pyrrole nitrogens is 1. The Morgan fingerprint density at radius 1 is 1.33 bits per heavy atom. The van der Waals surface area contributed by atoms with Gasteiger partial charge in [-0.25, -0.2) is 0 Å². The van der Waals surface area contributed by atoms with E-state index in [1.807, 2.05) is 49.1 Å². The molecular weight excluding hydrogens is 304 g/mol. The molecule has 3 rings (SSSR count). The minimum absolute atomic E-state index is 0.00752. The summed E-state index contributed by atoms with van der Waals surface area (Å²) >= 11 is 0. The van der Waals surface area contributed by atoms with Crippen LogP contribution in [0.15, 0.2) is 30.3 Å². The van der Waals surface area contributed by atoms with Crippen LogP contribution in [0.25, 0.3) is 10.9 Å². The first-order valence-corrected chi connectivity index (χ1v) is 8.59. The van der Waals surface area contributed by atoms with Crippen LogP contribution in [0.1, 0.15) is 43.6 Å². The third-order valence-electron chi connectivity index (χ3n) is 4.39. The molecule has 0 radical (unpaired) electrons. The summed E-state index contributed by atoms with van der Waals surface area (Å²) in [6.45, 7) is 5.06. The molecule has 1 saturated heterocycles. The van der Waals surface area contributed by atoms with Crippen LogP contribution in [-0.4, -0.2) is 41.0 Å². The van der Waals surface area contributed by atoms with Gasteiger partial charge in [-0.2, -0.15) is 0 Å². The fourth-order valence-corrected chi connectivity index (χ4v) is 3.32. The first kappa shape index (κ1) is 16.6. The number of nitrogens with one attached hydrogen (secondary N) is 1. The Kier molecular flexibility index (Phi) is 4.88. The van der Waals surface area contributed by atoms with Crippen LogP contribution in [0.4, 0.5) is 0 Å².